The Hall–Kier alpha value is -2.57. The molecule has 2 heterocycles. The number of pyridine rings is 1. The van der Waals surface area contributed by atoms with Gasteiger partial charge >= 0.3 is 0 Å². The molecule has 4 nitrogen and oxygen atoms in total. The minimum atomic E-state index is -1.07. The van der Waals surface area contributed by atoms with Gasteiger partial charge in [-0.1, -0.05) is 0 Å². The summed E-state index contributed by atoms with van der Waals surface area (Å²) in [5.74, 6) is -3.27. The van der Waals surface area contributed by atoms with Crippen LogP contribution in [-0.4, -0.2) is 14.5 Å². The van der Waals surface area contributed by atoms with E-state index in [-0.39, 0.29) is 11.6 Å². The number of anilines is 1. The van der Waals surface area contributed by atoms with Crippen LogP contribution >= 0.6 is 0 Å². The van der Waals surface area contributed by atoms with E-state index in [1.54, 1.807) is 13.0 Å². The summed E-state index contributed by atoms with van der Waals surface area (Å²) in [5, 5.41) is 0. The number of benzene rings is 1. The number of aromatic nitrogens is 3. The van der Waals surface area contributed by atoms with Crippen molar-refractivity contribution in [1.82, 2.24) is 14.5 Å². The Bertz CT molecular complexity index is 803. The first-order chi connectivity index (χ1) is 9.49. The lowest BCUT2D eigenvalue weighted by Gasteiger charge is -2.08. The number of halogens is 3. The second-order valence-corrected chi connectivity index (χ2v) is 4.32. The molecule has 0 spiro atoms. The molecule has 0 atom stereocenters. The van der Waals surface area contributed by atoms with Crippen LogP contribution in [0.15, 0.2) is 24.4 Å². The molecular weight excluding hydrogens is 269 g/mol. The normalized spacial score (nSPS) is 11.2. The number of hydrogen-bond donors (Lipinski definition) is 1. The molecule has 0 saturated heterocycles. The number of nitrogen functional groups attached to an aromatic ring is 1. The first-order valence-corrected chi connectivity index (χ1v) is 5.73. The van der Waals surface area contributed by atoms with Crippen LogP contribution in [0.1, 0.15) is 5.56 Å². The summed E-state index contributed by atoms with van der Waals surface area (Å²) in [4.78, 5) is 8.08. The Morgan fingerprint density at radius 3 is 2.45 bits per heavy atom. The summed E-state index contributed by atoms with van der Waals surface area (Å²) < 4.78 is 41.8. The molecule has 1 aromatic carbocycles. The fourth-order valence-corrected chi connectivity index (χ4v) is 2.08. The molecular formula is C13H9F3N4. The van der Waals surface area contributed by atoms with E-state index in [0.29, 0.717) is 17.6 Å². The van der Waals surface area contributed by atoms with Crippen molar-refractivity contribution in [3.63, 3.8) is 0 Å². The van der Waals surface area contributed by atoms with Gasteiger partial charge in [0.25, 0.3) is 0 Å². The van der Waals surface area contributed by atoms with Gasteiger partial charge in [0, 0.05) is 18.3 Å². The van der Waals surface area contributed by atoms with E-state index in [1.165, 1.54) is 6.20 Å². The third kappa shape index (κ3) is 1.70. The van der Waals surface area contributed by atoms with Crippen molar-refractivity contribution in [2.24, 2.45) is 0 Å². The number of nitrogens with zero attached hydrogens (tertiary/aromatic N) is 3. The van der Waals surface area contributed by atoms with E-state index < -0.39 is 23.1 Å². The first-order valence-electron chi connectivity index (χ1n) is 5.73. The molecule has 20 heavy (non-hydrogen) atoms. The number of rotatable bonds is 1. The van der Waals surface area contributed by atoms with E-state index in [4.69, 9.17) is 5.73 Å². The number of nitrogens with two attached hydrogens (primary N) is 1. The highest BCUT2D eigenvalue weighted by atomic mass is 19.1. The average molecular weight is 278 g/mol. The molecule has 0 aliphatic rings. The van der Waals surface area contributed by atoms with Crippen LogP contribution in [0.25, 0.3) is 16.9 Å². The van der Waals surface area contributed by atoms with Crippen molar-refractivity contribution in [3.05, 3.63) is 47.4 Å². The van der Waals surface area contributed by atoms with Crippen LogP contribution in [-0.2, 0) is 0 Å². The molecule has 3 rings (SSSR count). The molecule has 0 saturated carbocycles. The fourth-order valence-electron chi connectivity index (χ4n) is 2.08. The van der Waals surface area contributed by atoms with E-state index >= 15 is 0 Å². The van der Waals surface area contributed by atoms with Crippen LogP contribution in [0.3, 0.4) is 0 Å². The summed E-state index contributed by atoms with van der Waals surface area (Å²) in [6.07, 6.45) is 1.48. The van der Waals surface area contributed by atoms with Gasteiger partial charge in [-0.25, -0.2) is 23.1 Å². The van der Waals surface area contributed by atoms with Crippen molar-refractivity contribution < 1.29 is 13.2 Å². The zero-order chi connectivity index (χ0) is 14.4. The Kier molecular flexibility index (Phi) is 2.63. The molecule has 0 aliphatic heterocycles. The molecule has 7 heteroatoms. The van der Waals surface area contributed by atoms with Gasteiger partial charge in [0.05, 0.1) is 0 Å². The van der Waals surface area contributed by atoms with Crippen molar-refractivity contribution in [2.45, 2.75) is 6.92 Å². The SMILES string of the molecule is Cc1ccnc2c1nc(N)n2-c1c(F)cc(F)cc1F. The predicted octanol–water partition coefficient (Wildman–Crippen LogP) is 2.73. The lowest BCUT2D eigenvalue weighted by molar-refractivity contribution is 0.535. The van der Waals surface area contributed by atoms with Gasteiger partial charge in [-0.05, 0) is 18.6 Å². The molecule has 3 aromatic rings. The van der Waals surface area contributed by atoms with Gasteiger partial charge in [-0.3, -0.25) is 4.57 Å². The number of fused-ring (bicyclic) bond motifs is 1. The molecule has 0 unspecified atom stereocenters. The molecule has 2 aromatic heterocycles. The van der Waals surface area contributed by atoms with E-state index in [9.17, 15) is 13.2 Å². The van der Waals surface area contributed by atoms with Gasteiger partial charge in [-0.15, -0.1) is 0 Å². The second-order valence-electron chi connectivity index (χ2n) is 4.32. The second kappa shape index (κ2) is 4.22. The van der Waals surface area contributed by atoms with Crippen molar-refractivity contribution >= 4 is 17.1 Å². The molecule has 0 radical (unpaired) electrons. The van der Waals surface area contributed by atoms with Crippen LogP contribution < -0.4 is 5.73 Å². The Balaban J connectivity index is 2.42. The molecule has 0 fully saturated rings. The maximum absolute atomic E-state index is 13.9. The third-order valence-electron chi connectivity index (χ3n) is 2.98. The summed E-state index contributed by atoms with van der Waals surface area (Å²) in [6.45, 7) is 1.78. The monoisotopic (exact) mass is 278 g/mol. The minimum Gasteiger partial charge on any atom is -0.369 e. The van der Waals surface area contributed by atoms with Gasteiger partial charge in [0.1, 0.15) is 17.0 Å². The van der Waals surface area contributed by atoms with E-state index in [2.05, 4.69) is 9.97 Å². The van der Waals surface area contributed by atoms with Gasteiger partial charge in [-0.2, -0.15) is 0 Å². The summed E-state index contributed by atoms with van der Waals surface area (Å²) >= 11 is 0. The minimum absolute atomic E-state index is 0.119. The van der Waals surface area contributed by atoms with Crippen molar-refractivity contribution in [1.29, 1.82) is 0 Å². The van der Waals surface area contributed by atoms with Crippen LogP contribution in [0.2, 0.25) is 0 Å². The molecule has 102 valence electrons. The number of imidazole rings is 1. The van der Waals surface area contributed by atoms with Gasteiger partial charge in [0.15, 0.2) is 17.3 Å². The Morgan fingerprint density at radius 2 is 1.80 bits per heavy atom. The fraction of sp³-hybridized carbons (Fsp3) is 0.0769. The summed E-state index contributed by atoms with van der Waals surface area (Å²) in [6, 6.07) is 2.87. The number of aryl methyl sites for hydroxylation is 1. The van der Waals surface area contributed by atoms with E-state index in [1.807, 2.05) is 0 Å². The quantitative estimate of drug-likeness (QED) is 0.744. The van der Waals surface area contributed by atoms with Crippen LogP contribution in [0.4, 0.5) is 19.1 Å². The molecule has 2 N–H and O–H groups in total. The highest BCUT2D eigenvalue weighted by Crippen LogP contribution is 2.27. The zero-order valence-corrected chi connectivity index (χ0v) is 10.4. The van der Waals surface area contributed by atoms with Crippen molar-refractivity contribution in [3.8, 4) is 5.69 Å². The van der Waals surface area contributed by atoms with Gasteiger partial charge < -0.3 is 5.73 Å². The summed E-state index contributed by atoms with van der Waals surface area (Å²) in [7, 11) is 0. The number of hydrogen-bond acceptors (Lipinski definition) is 3. The average Bonchev–Trinajstić information content (AvgIpc) is 2.67. The highest BCUT2D eigenvalue weighted by Gasteiger charge is 2.20. The lowest BCUT2D eigenvalue weighted by atomic mass is 10.2. The molecule has 0 bridgehead atoms. The Labute approximate surface area is 111 Å². The molecule has 0 amide bonds. The zero-order valence-electron chi connectivity index (χ0n) is 10.4. The summed E-state index contributed by atoms with van der Waals surface area (Å²) in [5.41, 5.74) is 6.64. The molecule has 0 aliphatic carbocycles. The van der Waals surface area contributed by atoms with Crippen LogP contribution in [0.5, 0.6) is 0 Å². The standard InChI is InChI=1S/C13H9F3N4/c1-6-2-3-18-12-10(6)19-13(17)20(12)11-8(15)4-7(14)5-9(11)16/h2-5H,1H3,(H2,17,19). The van der Waals surface area contributed by atoms with Crippen molar-refractivity contribution in [2.75, 3.05) is 5.73 Å². The van der Waals surface area contributed by atoms with Crippen LogP contribution in [0, 0.1) is 24.4 Å². The lowest BCUT2D eigenvalue weighted by Crippen LogP contribution is -2.07. The maximum Gasteiger partial charge on any atom is 0.207 e. The highest BCUT2D eigenvalue weighted by molar-refractivity contribution is 5.80. The Morgan fingerprint density at radius 1 is 1.15 bits per heavy atom. The first kappa shape index (κ1) is 12.5. The maximum atomic E-state index is 13.9. The third-order valence-corrected chi connectivity index (χ3v) is 2.98. The van der Waals surface area contributed by atoms with Gasteiger partial charge in [0.2, 0.25) is 5.95 Å². The predicted molar refractivity (Wildman–Crippen MR) is 67.9 cm³/mol. The largest absolute Gasteiger partial charge is 0.369 e. The smallest absolute Gasteiger partial charge is 0.207 e. The topological polar surface area (TPSA) is 56.7 Å². The van der Waals surface area contributed by atoms with E-state index in [0.717, 1.165) is 10.1 Å².